The highest BCUT2D eigenvalue weighted by Gasteiger charge is 2.25. The Balaban J connectivity index is 1.65. The lowest BCUT2D eigenvalue weighted by molar-refractivity contribution is -0.384. The van der Waals surface area contributed by atoms with E-state index in [4.69, 9.17) is 0 Å². The molecule has 0 unspecified atom stereocenters. The van der Waals surface area contributed by atoms with Crippen LogP contribution in [0.4, 0.5) is 5.69 Å². The summed E-state index contributed by atoms with van der Waals surface area (Å²) >= 11 is 1.19. The number of nitro groups is 1. The van der Waals surface area contributed by atoms with Gasteiger partial charge in [-0.2, -0.15) is 0 Å². The predicted octanol–water partition coefficient (Wildman–Crippen LogP) is 3.08. The van der Waals surface area contributed by atoms with Crippen LogP contribution < -0.4 is 5.32 Å². The molecule has 0 saturated carbocycles. The van der Waals surface area contributed by atoms with E-state index in [1.165, 1.54) is 34.1 Å². The van der Waals surface area contributed by atoms with Crippen LogP contribution in [0.15, 0.2) is 52.5 Å². The molecule has 0 spiro atoms. The third kappa shape index (κ3) is 3.97. The number of rotatable bonds is 5. The van der Waals surface area contributed by atoms with Crippen LogP contribution in [0.3, 0.4) is 0 Å². The van der Waals surface area contributed by atoms with Crippen molar-refractivity contribution < 1.29 is 9.72 Å². The fourth-order valence-corrected chi connectivity index (χ4v) is 4.28. The lowest BCUT2D eigenvalue weighted by Gasteiger charge is -2.26. The van der Waals surface area contributed by atoms with E-state index >= 15 is 0 Å². The number of hydrogen-bond donors (Lipinski definition) is 1. The molecule has 0 saturated heterocycles. The lowest BCUT2D eigenvalue weighted by Crippen LogP contribution is -2.31. The Labute approximate surface area is 170 Å². The van der Waals surface area contributed by atoms with Gasteiger partial charge in [-0.1, -0.05) is 24.3 Å². The highest BCUT2D eigenvalue weighted by molar-refractivity contribution is 7.99. The zero-order valence-corrected chi connectivity index (χ0v) is 16.4. The van der Waals surface area contributed by atoms with Crippen LogP contribution >= 0.6 is 11.8 Å². The first kappa shape index (κ1) is 19.1. The number of tetrazole rings is 1. The van der Waals surface area contributed by atoms with E-state index < -0.39 is 4.92 Å². The van der Waals surface area contributed by atoms with Crippen molar-refractivity contribution in [2.75, 3.05) is 0 Å². The molecule has 0 fully saturated rings. The van der Waals surface area contributed by atoms with Gasteiger partial charge in [-0.05, 0) is 58.6 Å². The van der Waals surface area contributed by atoms with E-state index in [1.807, 2.05) is 18.2 Å². The lowest BCUT2D eigenvalue weighted by atomic mass is 9.87. The average Bonchev–Trinajstić information content (AvgIpc) is 3.13. The van der Waals surface area contributed by atoms with Crippen LogP contribution in [-0.2, 0) is 13.5 Å². The van der Waals surface area contributed by atoms with Gasteiger partial charge in [0.15, 0.2) is 0 Å². The standard InChI is InChI=1S/C19H18N6O3S/c1-24-19(21-22-23-24)29-17-10-9-13(25(27)28)11-15(17)18(26)20-16-8-4-6-12-5-2-3-7-14(12)16/h2-3,5,7,9-11,16H,4,6,8H2,1H3,(H,20,26)/t16-/m1/s1. The quantitative estimate of drug-likeness (QED) is 0.507. The number of nitro benzene ring substituents is 1. The van der Waals surface area contributed by atoms with Crippen LogP contribution in [0.5, 0.6) is 0 Å². The molecule has 1 N–H and O–H groups in total. The fraction of sp³-hybridized carbons (Fsp3) is 0.263. The number of carbonyl (C=O) groups is 1. The molecule has 9 nitrogen and oxygen atoms in total. The third-order valence-corrected chi connectivity index (χ3v) is 5.98. The summed E-state index contributed by atoms with van der Waals surface area (Å²) in [4.78, 5) is 24.4. The number of non-ortho nitro benzene ring substituents is 1. The van der Waals surface area contributed by atoms with Gasteiger partial charge in [-0.3, -0.25) is 14.9 Å². The number of benzene rings is 2. The summed E-state index contributed by atoms with van der Waals surface area (Å²) in [6, 6.07) is 12.2. The molecule has 1 atom stereocenters. The molecule has 2 aromatic carbocycles. The summed E-state index contributed by atoms with van der Waals surface area (Å²) in [7, 11) is 1.69. The maximum atomic E-state index is 13.1. The predicted molar refractivity (Wildman–Crippen MR) is 106 cm³/mol. The Morgan fingerprint density at radius 2 is 2.14 bits per heavy atom. The number of fused-ring (bicyclic) bond motifs is 1. The Morgan fingerprint density at radius 3 is 2.90 bits per heavy atom. The Hall–Kier alpha value is -3.27. The van der Waals surface area contributed by atoms with Gasteiger partial charge in [0.05, 0.1) is 16.5 Å². The summed E-state index contributed by atoms with van der Waals surface area (Å²) < 4.78 is 1.48. The summed E-state index contributed by atoms with van der Waals surface area (Å²) in [6.07, 6.45) is 2.79. The number of carbonyl (C=O) groups excluding carboxylic acids is 1. The van der Waals surface area contributed by atoms with Gasteiger partial charge in [0.25, 0.3) is 11.6 Å². The van der Waals surface area contributed by atoms with E-state index in [0.717, 1.165) is 24.8 Å². The van der Waals surface area contributed by atoms with E-state index in [1.54, 1.807) is 13.1 Å². The molecule has 1 aromatic heterocycles. The normalized spacial score (nSPS) is 15.6. The number of aryl methyl sites for hydroxylation is 2. The molecule has 10 heteroatoms. The van der Waals surface area contributed by atoms with E-state index in [0.29, 0.717) is 10.1 Å². The average molecular weight is 410 g/mol. The fourth-order valence-electron chi connectivity index (χ4n) is 3.44. The van der Waals surface area contributed by atoms with Crippen LogP contribution in [0.2, 0.25) is 0 Å². The first-order valence-corrected chi connectivity index (χ1v) is 9.92. The first-order chi connectivity index (χ1) is 14.0. The molecule has 0 radical (unpaired) electrons. The van der Waals surface area contributed by atoms with Crippen molar-refractivity contribution in [3.05, 3.63) is 69.3 Å². The van der Waals surface area contributed by atoms with Crippen molar-refractivity contribution in [3.63, 3.8) is 0 Å². The minimum atomic E-state index is -0.509. The number of nitrogens with one attached hydrogen (secondary N) is 1. The number of hydrogen-bond acceptors (Lipinski definition) is 7. The minimum absolute atomic E-state index is 0.124. The third-order valence-electron chi connectivity index (χ3n) is 4.88. The van der Waals surface area contributed by atoms with Crippen LogP contribution in [0, 0.1) is 10.1 Å². The van der Waals surface area contributed by atoms with Gasteiger partial charge in [-0.25, -0.2) is 4.68 Å². The second kappa shape index (κ2) is 8.00. The minimum Gasteiger partial charge on any atom is -0.345 e. The second-order valence-electron chi connectivity index (χ2n) is 6.74. The summed E-state index contributed by atoms with van der Waals surface area (Å²) in [5, 5.41) is 26.1. The Kier molecular flexibility index (Phi) is 5.26. The zero-order valence-electron chi connectivity index (χ0n) is 15.6. The van der Waals surface area contributed by atoms with E-state index in [-0.39, 0.29) is 23.2 Å². The number of nitrogens with zero attached hydrogens (tertiary/aromatic N) is 5. The van der Waals surface area contributed by atoms with Crippen molar-refractivity contribution in [1.29, 1.82) is 0 Å². The monoisotopic (exact) mass is 410 g/mol. The summed E-state index contributed by atoms with van der Waals surface area (Å²) in [5.74, 6) is -0.354. The van der Waals surface area contributed by atoms with Crippen molar-refractivity contribution in [2.45, 2.75) is 35.4 Å². The van der Waals surface area contributed by atoms with Crippen LogP contribution in [-0.4, -0.2) is 31.0 Å². The van der Waals surface area contributed by atoms with E-state index in [9.17, 15) is 14.9 Å². The van der Waals surface area contributed by atoms with Crippen LogP contribution in [0.25, 0.3) is 0 Å². The molecule has 1 aliphatic carbocycles. The highest BCUT2D eigenvalue weighted by Crippen LogP contribution is 2.33. The van der Waals surface area contributed by atoms with E-state index in [2.05, 4.69) is 26.9 Å². The molecule has 3 aromatic rings. The van der Waals surface area contributed by atoms with Crippen molar-refractivity contribution in [3.8, 4) is 0 Å². The molecule has 1 heterocycles. The zero-order chi connectivity index (χ0) is 20.4. The molecule has 0 bridgehead atoms. The van der Waals surface area contributed by atoms with Gasteiger partial charge < -0.3 is 5.32 Å². The maximum Gasteiger partial charge on any atom is 0.270 e. The Bertz CT molecular complexity index is 1080. The molecule has 1 amide bonds. The molecule has 29 heavy (non-hydrogen) atoms. The molecular weight excluding hydrogens is 392 g/mol. The topological polar surface area (TPSA) is 116 Å². The summed E-state index contributed by atoms with van der Waals surface area (Å²) in [6.45, 7) is 0. The number of aromatic nitrogens is 4. The van der Waals surface area contributed by atoms with Crippen molar-refractivity contribution in [1.82, 2.24) is 25.5 Å². The van der Waals surface area contributed by atoms with Gasteiger partial charge in [0.1, 0.15) is 0 Å². The van der Waals surface area contributed by atoms with Gasteiger partial charge in [0, 0.05) is 24.1 Å². The highest BCUT2D eigenvalue weighted by atomic mass is 32.2. The largest absolute Gasteiger partial charge is 0.345 e. The Morgan fingerprint density at radius 1 is 1.31 bits per heavy atom. The smallest absolute Gasteiger partial charge is 0.270 e. The molecule has 1 aliphatic rings. The molecule has 0 aliphatic heterocycles. The van der Waals surface area contributed by atoms with Gasteiger partial charge in [0.2, 0.25) is 5.16 Å². The SMILES string of the molecule is Cn1nnnc1Sc1ccc([N+](=O)[O-])cc1C(=O)N[C@@H]1CCCc2ccccc21. The van der Waals surface area contributed by atoms with Gasteiger partial charge in [-0.15, -0.1) is 5.10 Å². The maximum absolute atomic E-state index is 13.1. The first-order valence-electron chi connectivity index (χ1n) is 9.10. The van der Waals surface area contributed by atoms with Crippen molar-refractivity contribution >= 4 is 23.4 Å². The van der Waals surface area contributed by atoms with Crippen molar-refractivity contribution in [2.24, 2.45) is 7.05 Å². The molecular formula is C19H18N6O3S. The summed E-state index contributed by atoms with van der Waals surface area (Å²) in [5.41, 5.74) is 2.42. The van der Waals surface area contributed by atoms with Gasteiger partial charge >= 0.3 is 0 Å². The molecule has 148 valence electrons. The number of amides is 1. The molecule has 4 rings (SSSR count). The van der Waals surface area contributed by atoms with Crippen LogP contribution in [0.1, 0.15) is 40.4 Å². The second-order valence-corrected chi connectivity index (χ2v) is 7.75.